The first-order valence-electron chi connectivity index (χ1n) is 8.48. The molecule has 0 bridgehead atoms. The van der Waals surface area contributed by atoms with Gasteiger partial charge in [-0.3, -0.25) is 14.0 Å². The normalized spacial score (nSPS) is 12.0. The van der Waals surface area contributed by atoms with Crippen molar-refractivity contribution < 1.29 is 20.1 Å². The second-order valence-electron chi connectivity index (χ2n) is 6.38. The maximum atomic E-state index is 12.5. The van der Waals surface area contributed by atoms with E-state index in [-0.39, 0.29) is 29.0 Å². The molecule has 0 radical (unpaired) electrons. The average molecular weight is 380 g/mol. The monoisotopic (exact) mass is 380 g/mol. The first-order chi connectivity index (χ1) is 13.3. The van der Waals surface area contributed by atoms with Crippen LogP contribution in [0.1, 0.15) is 28.2 Å². The fourth-order valence-corrected chi connectivity index (χ4v) is 2.93. The summed E-state index contributed by atoms with van der Waals surface area (Å²) in [6.45, 7) is 0. The number of aliphatic hydroxyl groups is 3. The summed E-state index contributed by atoms with van der Waals surface area (Å²) in [5.74, 6) is -3.22. The van der Waals surface area contributed by atoms with E-state index in [0.29, 0.717) is 23.4 Å². The number of ketones is 1. The maximum Gasteiger partial charge on any atom is 0.305 e. The number of hydrogen-bond donors (Lipinski definition) is 3. The van der Waals surface area contributed by atoms with Gasteiger partial charge in [-0.2, -0.15) is 0 Å². The van der Waals surface area contributed by atoms with Crippen LogP contribution >= 0.6 is 0 Å². The van der Waals surface area contributed by atoms with Gasteiger partial charge in [-0.25, -0.2) is 9.97 Å². The fourth-order valence-electron chi connectivity index (χ4n) is 2.93. The SMILES string of the molecule is O=C(CCc1cn2cc(C(O)(O)O)ccc2n1)c1cc(=O)n2ccccc2n1. The van der Waals surface area contributed by atoms with Gasteiger partial charge in [0.15, 0.2) is 5.78 Å². The minimum absolute atomic E-state index is 0.105. The molecule has 0 aliphatic carbocycles. The summed E-state index contributed by atoms with van der Waals surface area (Å²) in [6.07, 6.45) is 4.97. The zero-order valence-electron chi connectivity index (χ0n) is 14.6. The van der Waals surface area contributed by atoms with E-state index in [2.05, 4.69) is 9.97 Å². The van der Waals surface area contributed by atoms with Crippen LogP contribution in [-0.4, -0.2) is 39.9 Å². The number of aryl methyl sites for hydroxylation is 1. The minimum Gasteiger partial charge on any atom is -0.340 e. The Morgan fingerprint density at radius 1 is 1.04 bits per heavy atom. The summed E-state index contributed by atoms with van der Waals surface area (Å²) in [5.41, 5.74) is 1.20. The molecule has 4 heterocycles. The molecule has 0 saturated carbocycles. The molecular weight excluding hydrogens is 364 g/mol. The van der Waals surface area contributed by atoms with Gasteiger partial charge in [-0.1, -0.05) is 6.07 Å². The van der Waals surface area contributed by atoms with Gasteiger partial charge in [0.05, 0.1) is 11.3 Å². The highest BCUT2D eigenvalue weighted by atomic mass is 16.7. The number of aromatic nitrogens is 4. The molecule has 9 heteroatoms. The second-order valence-corrected chi connectivity index (χ2v) is 6.38. The van der Waals surface area contributed by atoms with E-state index >= 15 is 0 Å². The number of fused-ring (bicyclic) bond motifs is 2. The molecule has 0 amide bonds. The van der Waals surface area contributed by atoms with Gasteiger partial charge < -0.3 is 19.7 Å². The number of carbonyl (C=O) groups is 1. The van der Waals surface area contributed by atoms with Gasteiger partial charge in [0.25, 0.3) is 5.56 Å². The van der Waals surface area contributed by atoms with Crippen molar-refractivity contribution in [1.82, 2.24) is 18.8 Å². The molecule has 0 aliphatic rings. The zero-order chi connectivity index (χ0) is 19.9. The van der Waals surface area contributed by atoms with Crippen molar-refractivity contribution >= 4 is 17.1 Å². The van der Waals surface area contributed by atoms with Crippen LogP contribution in [0.3, 0.4) is 0 Å². The molecule has 4 aromatic heterocycles. The van der Waals surface area contributed by atoms with E-state index in [0.717, 1.165) is 0 Å². The van der Waals surface area contributed by atoms with Gasteiger partial charge in [-0.15, -0.1) is 0 Å². The van der Waals surface area contributed by atoms with E-state index in [4.69, 9.17) is 0 Å². The Hall–Kier alpha value is -3.40. The molecule has 0 saturated heterocycles. The van der Waals surface area contributed by atoms with Gasteiger partial charge in [-0.05, 0) is 30.7 Å². The number of Topliss-reactive ketones (excluding diaryl/α,β-unsaturated/α-hetero) is 1. The molecule has 0 spiro atoms. The smallest absolute Gasteiger partial charge is 0.305 e. The van der Waals surface area contributed by atoms with Crippen LogP contribution in [0.15, 0.2) is 59.8 Å². The van der Waals surface area contributed by atoms with E-state index in [1.54, 1.807) is 30.6 Å². The molecule has 0 fully saturated rings. The Labute approximate surface area is 157 Å². The van der Waals surface area contributed by atoms with Crippen LogP contribution in [0.2, 0.25) is 0 Å². The van der Waals surface area contributed by atoms with Gasteiger partial charge >= 0.3 is 5.97 Å². The van der Waals surface area contributed by atoms with Gasteiger partial charge in [0.2, 0.25) is 0 Å². The van der Waals surface area contributed by atoms with E-state index in [1.165, 1.54) is 33.2 Å². The average Bonchev–Trinajstić information content (AvgIpc) is 3.07. The fraction of sp³-hybridized carbons (Fsp3) is 0.158. The molecular formula is C19H16N4O5. The van der Waals surface area contributed by atoms with E-state index in [1.807, 2.05) is 0 Å². The number of carbonyl (C=O) groups excluding carboxylic acids is 1. The molecule has 0 aromatic carbocycles. The lowest BCUT2D eigenvalue weighted by Gasteiger charge is -2.13. The van der Waals surface area contributed by atoms with E-state index in [9.17, 15) is 24.9 Å². The Morgan fingerprint density at radius 3 is 2.64 bits per heavy atom. The lowest BCUT2D eigenvalue weighted by Crippen LogP contribution is -2.24. The molecule has 4 aromatic rings. The van der Waals surface area contributed by atoms with Crippen LogP contribution in [0, 0.1) is 0 Å². The highest BCUT2D eigenvalue weighted by Crippen LogP contribution is 2.17. The molecule has 0 unspecified atom stereocenters. The summed E-state index contributed by atoms with van der Waals surface area (Å²) in [5, 5.41) is 27.8. The molecule has 4 rings (SSSR count). The topological polar surface area (TPSA) is 129 Å². The number of hydrogen-bond acceptors (Lipinski definition) is 7. The van der Waals surface area contributed by atoms with Crippen LogP contribution in [-0.2, 0) is 12.4 Å². The largest absolute Gasteiger partial charge is 0.340 e. The maximum absolute atomic E-state index is 12.5. The molecule has 28 heavy (non-hydrogen) atoms. The zero-order valence-corrected chi connectivity index (χ0v) is 14.6. The highest BCUT2D eigenvalue weighted by Gasteiger charge is 2.22. The number of nitrogens with zero attached hydrogens (tertiary/aromatic N) is 4. The summed E-state index contributed by atoms with van der Waals surface area (Å²) >= 11 is 0. The van der Waals surface area contributed by atoms with Crippen molar-refractivity contribution in [3.05, 3.63) is 82.3 Å². The molecule has 3 N–H and O–H groups in total. The van der Waals surface area contributed by atoms with Crippen molar-refractivity contribution in [2.45, 2.75) is 18.8 Å². The quantitative estimate of drug-likeness (QED) is 0.334. The van der Waals surface area contributed by atoms with Crippen LogP contribution in [0.5, 0.6) is 0 Å². The van der Waals surface area contributed by atoms with Crippen molar-refractivity contribution in [2.75, 3.05) is 0 Å². The number of pyridine rings is 2. The van der Waals surface area contributed by atoms with Crippen molar-refractivity contribution in [3.8, 4) is 0 Å². The van der Waals surface area contributed by atoms with Crippen LogP contribution < -0.4 is 5.56 Å². The summed E-state index contributed by atoms with van der Waals surface area (Å²) in [7, 11) is 0. The van der Waals surface area contributed by atoms with Crippen LogP contribution in [0.25, 0.3) is 11.3 Å². The van der Waals surface area contributed by atoms with Gasteiger partial charge in [0, 0.05) is 31.1 Å². The summed E-state index contributed by atoms with van der Waals surface area (Å²) in [4.78, 5) is 33.2. The van der Waals surface area contributed by atoms with Crippen molar-refractivity contribution in [3.63, 3.8) is 0 Å². The molecule has 0 atom stereocenters. The Balaban J connectivity index is 1.54. The minimum atomic E-state index is -2.94. The van der Waals surface area contributed by atoms with Crippen LogP contribution in [0.4, 0.5) is 0 Å². The third kappa shape index (κ3) is 3.41. The predicted octanol–water partition coefficient (Wildman–Crippen LogP) is 0.245. The molecule has 0 aliphatic heterocycles. The van der Waals surface area contributed by atoms with E-state index < -0.39 is 5.97 Å². The predicted molar refractivity (Wildman–Crippen MR) is 97.6 cm³/mol. The standard InChI is InChI=1S/C19H16N4O5/c24-15(14-9-18(25)23-8-2-1-3-17(23)21-14)6-5-13-11-22-10-12(19(26,27)28)4-7-16(22)20-13/h1-4,7-11,26-28H,5-6H2. The third-order valence-corrected chi connectivity index (χ3v) is 4.35. The molecule has 9 nitrogen and oxygen atoms in total. The highest BCUT2D eigenvalue weighted by molar-refractivity contribution is 5.94. The van der Waals surface area contributed by atoms with Crippen molar-refractivity contribution in [1.29, 1.82) is 0 Å². The van der Waals surface area contributed by atoms with Gasteiger partial charge in [0.1, 0.15) is 17.0 Å². The first-order valence-corrected chi connectivity index (χ1v) is 8.48. The lowest BCUT2D eigenvalue weighted by atomic mass is 10.1. The van der Waals surface area contributed by atoms with Crippen molar-refractivity contribution in [2.24, 2.45) is 0 Å². The summed E-state index contributed by atoms with van der Waals surface area (Å²) in [6, 6.07) is 9.17. The number of imidazole rings is 1. The third-order valence-electron chi connectivity index (χ3n) is 4.35. The Morgan fingerprint density at radius 2 is 1.86 bits per heavy atom. The Bertz CT molecular complexity index is 1250. The lowest BCUT2D eigenvalue weighted by molar-refractivity contribution is -0.324. The second kappa shape index (κ2) is 6.64. The first kappa shape index (κ1) is 18.0. The molecule has 142 valence electrons. The number of rotatable bonds is 5. The Kier molecular flexibility index (Phi) is 4.27. The summed E-state index contributed by atoms with van der Waals surface area (Å²) < 4.78 is 2.88.